The summed E-state index contributed by atoms with van der Waals surface area (Å²) < 4.78 is 0. The minimum absolute atomic E-state index is 0. The van der Waals surface area contributed by atoms with Gasteiger partial charge in [0.15, 0.2) is 5.96 Å². The van der Waals surface area contributed by atoms with E-state index < -0.39 is 0 Å². The molecule has 1 fully saturated rings. The molecular formula is C19H31IN4. The molecule has 0 aromatic heterocycles. The molecule has 24 heavy (non-hydrogen) atoms. The third-order valence-corrected chi connectivity index (χ3v) is 5.10. The zero-order valence-electron chi connectivity index (χ0n) is 14.8. The number of hydrogen-bond donors (Lipinski definition) is 2. The molecule has 0 amide bonds. The quantitative estimate of drug-likeness (QED) is 0.428. The van der Waals surface area contributed by atoms with Crippen molar-refractivity contribution in [2.75, 3.05) is 26.7 Å². The fourth-order valence-corrected chi connectivity index (χ4v) is 3.71. The molecule has 2 aliphatic rings. The summed E-state index contributed by atoms with van der Waals surface area (Å²) in [6, 6.07) is 9.43. The van der Waals surface area contributed by atoms with E-state index in [2.05, 4.69) is 44.8 Å². The van der Waals surface area contributed by atoms with Crippen LogP contribution in [0.2, 0.25) is 0 Å². The molecule has 0 spiro atoms. The molecular weight excluding hydrogens is 411 g/mol. The van der Waals surface area contributed by atoms with Gasteiger partial charge < -0.3 is 10.6 Å². The van der Waals surface area contributed by atoms with E-state index in [1.165, 1.54) is 49.7 Å². The van der Waals surface area contributed by atoms with E-state index in [1.807, 2.05) is 7.05 Å². The molecule has 0 unspecified atom stereocenters. The number of fused-ring (bicyclic) bond motifs is 1. The topological polar surface area (TPSA) is 39.7 Å². The van der Waals surface area contributed by atoms with Crippen LogP contribution in [0.25, 0.3) is 0 Å². The Balaban J connectivity index is 0.00000208. The summed E-state index contributed by atoms with van der Waals surface area (Å²) in [5, 5.41) is 7.06. The van der Waals surface area contributed by atoms with Gasteiger partial charge in [-0.05, 0) is 30.4 Å². The highest BCUT2D eigenvalue weighted by Crippen LogP contribution is 2.18. The fourth-order valence-electron chi connectivity index (χ4n) is 3.71. The predicted octanol–water partition coefficient (Wildman–Crippen LogP) is 3.16. The lowest BCUT2D eigenvalue weighted by Gasteiger charge is -2.29. The van der Waals surface area contributed by atoms with Gasteiger partial charge in [0.2, 0.25) is 0 Å². The van der Waals surface area contributed by atoms with Crippen LogP contribution < -0.4 is 10.6 Å². The van der Waals surface area contributed by atoms with Crippen LogP contribution in [0, 0.1) is 0 Å². The van der Waals surface area contributed by atoms with Gasteiger partial charge in [-0.3, -0.25) is 9.89 Å². The van der Waals surface area contributed by atoms with Crippen molar-refractivity contribution in [3.8, 4) is 0 Å². The highest BCUT2D eigenvalue weighted by molar-refractivity contribution is 14.0. The Hall–Kier alpha value is -0.820. The van der Waals surface area contributed by atoms with Gasteiger partial charge in [0.25, 0.3) is 0 Å². The number of rotatable bonds is 4. The van der Waals surface area contributed by atoms with E-state index in [0.717, 1.165) is 32.1 Å². The molecule has 3 rings (SSSR count). The Morgan fingerprint density at radius 2 is 1.92 bits per heavy atom. The van der Waals surface area contributed by atoms with Crippen LogP contribution in [0.1, 0.15) is 43.2 Å². The minimum atomic E-state index is 0. The van der Waals surface area contributed by atoms with E-state index >= 15 is 0 Å². The van der Waals surface area contributed by atoms with Gasteiger partial charge in [-0.2, -0.15) is 0 Å². The second-order valence-corrected chi connectivity index (χ2v) is 6.77. The second-order valence-electron chi connectivity index (χ2n) is 6.77. The summed E-state index contributed by atoms with van der Waals surface area (Å²) in [6.45, 7) is 4.26. The van der Waals surface area contributed by atoms with Crippen LogP contribution >= 0.6 is 24.0 Å². The van der Waals surface area contributed by atoms with Crippen molar-refractivity contribution in [3.05, 3.63) is 35.4 Å². The molecule has 1 aromatic carbocycles. The standard InChI is InChI=1S/C19H30N4.HI/c1-20-19(22-18-9-3-2-4-10-18)21-12-14-23-13-11-16-7-5-6-8-17(16)15-23;/h5-8,18H,2-4,9-15H2,1H3,(H2,20,21,22);1H. The Morgan fingerprint density at radius 1 is 1.17 bits per heavy atom. The molecule has 0 saturated heterocycles. The van der Waals surface area contributed by atoms with Crippen molar-refractivity contribution in [3.63, 3.8) is 0 Å². The molecule has 1 aromatic rings. The van der Waals surface area contributed by atoms with Crippen LogP contribution in [0.5, 0.6) is 0 Å². The number of nitrogens with one attached hydrogen (secondary N) is 2. The van der Waals surface area contributed by atoms with Crippen molar-refractivity contribution in [1.29, 1.82) is 0 Å². The van der Waals surface area contributed by atoms with E-state index in [4.69, 9.17) is 0 Å². The first kappa shape index (κ1) is 19.5. The van der Waals surface area contributed by atoms with Gasteiger partial charge >= 0.3 is 0 Å². The van der Waals surface area contributed by atoms with E-state index in [0.29, 0.717) is 6.04 Å². The van der Waals surface area contributed by atoms with Crippen molar-refractivity contribution in [2.24, 2.45) is 4.99 Å². The summed E-state index contributed by atoms with van der Waals surface area (Å²) >= 11 is 0. The first-order chi connectivity index (χ1) is 11.3. The first-order valence-corrected chi connectivity index (χ1v) is 9.11. The average Bonchev–Trinajstić information content (AvgIpc) is 2.61. The largest absolute Gasteiger partial charge is 0.355 e. The van der Waals surface area contributed by atoms with Crippen LogP contribution in [-0.2, 0) is 13.0 Å². The van der Waals surface area contributed by atoms with Gasteiger partial charge in [-0.15, -0.1) is 24.0 Å². The van der Waals surface area contributed by atoms with E-state index in [9.17, 15) is 0 Å². The predicted molar refractivity (Wildman–Crippen MR) is 112 cm³/mol. The minimum Gasteiger partial charge on any atom is -0.355 e. The monoisotopic (exact) mass is 442 g/mol. The van der Waals surface area contributed by atoms with Crippen LogP contribution in [-0.4, -0.2) is 43.6 Å². The highest BCUT2D eigenvalue weighted by atomic mass is 127. The molecule has 0 atom stereocenters. The normalized spacial score (nSPS) is 19.3. The molecule has 2 N–H and O–H groups in total. The van der Waals surface area contributed by atoms with Gasteiger partial charge in [0.05, 0.1) is 0 Å². The van der Waals surface area contributed by atoms with Crippen molar-refractivity contribution in [1.82, 2.24) is 15.5 Å². The molecule has 134 valence electrons. The number of nitrogens with zero attached hydrogens (tertiary/aromatic N) is 2. The molecule has 5 heteroatoms. The molecule has 1 aliphatic carbocycles. The Kier molecular flexibility index (Phi) is 8.32. The van der Waals surface area contributed by atoms with E-state index in [1.54, 1.807) is 0 Å². The summed E-state index contributed by atoms with van der Waals surface area (Å²) in [5.74, 6) is 0.967. The Morgan fingerprint density at radius 3 is 2.67 bits per heavy atom. The molecule has 1 saturated carbocycles. The second kappa shape index (κ2) is 10.2. The number of benzene rings is 1. The van der Waals surface area contributed by atoms with Crippen LogP contribution in [0.15, 0.2) is 29.3 Å². The SMILES string of the molecule is CN=C(NCCN1CCc2ccccc2C1)NC1CCCCC1.I. The molecule has 4 nitrogen and oxygen atoms in total. The lowest BCUT2D eigenvalue weighted by Crippen LogP contribution is -2.46. The maximum Gasteiger partial charge on any atom is 0.191 e. The molecule has 1 aliphatic heterocycles. The summed E-state index contributed by atoms with van der Waals surface area (Å²) in [6.07, 6.45) is 7.82. The third kappa shape index (κ3) is 5.62. The maximum absolute atomic E-state index is 4.38. The average molecular weight is 442 g/mol. The van der Waals surface area contributed by atoms with Crippen molar-refractivity contribution in [2.45, 2.75) is 51.1 Å². The van der Waals surface area contributed by atoms with Gasteiger partial charge in [-0.25, -0.2) is 0 Å². The lowest BCUT2D eigenvalue weighted by molar-refractivity contribution is 0.258. The summed E-state index contributed by atoms with van der Waals surface area (Å²) in [5.41, 5.74) is 3.01. The zero-order chi connectivity index (χ0) is 15.9. The number of hydrogen-bond acceptors (Lipinski definition) is 2. The molecule has 0 bridgehead atoms. The maximum atomic E-state index is 4.38. The van der Waals surface area contributed by atoms with Gasteiger partial charge in [0.1, 0.15) is 0 Å². The highest BCUT2D eigenvalue weighted by Gasteiger charge is 2.16. The fraction of sp³-hybridized carbons (Fsp3) is 0.632. The Labute approximate surface area is 163 Å². The van der Waals surface area contributed by atoms with Crippen LogP contribution in [0.4, 0.5) is 0 Å². The first-order valence-electron chi connectivity index (χ1n) is 9.11. The summed E-state index contributed by atoms with van der Waals surface area (Å²) in [4.78, 5) is 6.91. The van der Waals surface area contributed by atoms with Gasteiger partial charge in [0, 0.05) is 39.3 Å². The smallest absolute Gasteiger partial charge is 0.191 e. The van der Waals surface area contributed by atoms with Gasteiger partial charge in [-0.1, -0.05) is 43.5 Å². The summed E-state index contributed by atoms with van der Waals surface area (Å²) in [7, 11) is 1.87. The lowest BCUT2D eigenvalue weighted by atomic mass is 9.96. The van der Waals surface area contributed by atoms with E-state index in [-0.39, 0.29) is 24.0 Å². The number of guanidine groups is 1. The van der Waals surface area contributed by atoms with Crippen molar-refractivity contribution < 1.29 is 0 Å². The molecule has 1 heterocycles. The molecule has 0 radical (unpaired) electrons. The van der Waals surface area contributed by atoms with Crippen LogP contribution in [0.3, 0.4) is 0 Å². The number of halogens is 1. The third-order valence-electron chi connectivity index (χ3n) is 5.10. The van der Waals surface area contributed by atoms with Crippen molar-refractivity contribution >= 4 is 29.9 Å². The Bertz CT molecular complexity index is 526. The number of aliphatic imine (C=N–C) groups is 1. The zero-order valence-corrected chi connectivity index (χ0v) is 17.1.